The Labute approximate surface area is 358 Å². The molecule has 0 amide bonds. The fraction of sp³-hybridized carbons (Fsp3) is 0.875. The van der Waals surface area contributed by atoms with Gasteiger partial charge in [0, 0.05) is 12.8 Å². The van der Waals surface area contributed by atoms with Gasteiger partial charge in [-0.1, -0.05) is 167 Å². The van der Waals surface area contributed by atoms with Crippen LogP contribution in [0.1, 0.15) is 219 Å². The molecule has 58 heavy (non-hydrogen) atoms. The lowest BCUT2D eigenvalue weighted by Crippen LogP contribution is -2.37. The number of carbonyl (C=O) groups is 2. The summed E-state index contributed by atoms with van der Waals surface area (Å²) in [6, 6.07) is 0. The van der Waals surface area contributed by atoms with Gasteiger partial charge in [0.05, 0.1) is 27.7 Å². The van der Waals surface area contributed by atoms with Crippen LogP contribution in [0.15, 0.2) is 24.3 Å². The molecule has 0 aliphatic heterocycles. The first-order valence-corrected chi connectivity index (χ1v) is 25.5. The van der Waals surface area contributed by atoms with Crippen molar-refractivity contribution in [1.82, 2.24) is 0 Å². The maximum Gasteiger partial charge on any atom is 0.306 e. The van der Waals surface area contributed by atoms with Crippen molar-refractivity contribution in [3.63, 3.8) is 0 Å². The Morgan fingerprint density at radius 1 is 0.517 bits per heavy atom. The second-order valence-corrected chi connectivity index (χ2v) is 18.9. The van der Waals surface area contributed by atoms with Crippen LogP contribution < -0.4 is 4.89 Å². The van der Waals surface area contributed by atoms with E-state index in [0.29, 0.717) is 17.4 Å². The van der Waals surface area contributed by atoms with Crippen molar-refractivity contribution in [2.45, 2.75) is 225 Å². The van der Waals surface area contributed by atoms with E-state index in [0.717, 1.165) is 44.9 Å². The summed E-state index contributed by atoms with van der Waals surface area (Å²) >= 11 is 0. The summed E-state index contributed by atoms with van der Waals surface area (Å²) < 4.78 is 34.0. The summed E-state index contributed by atoms with van der Waals surface area (Å²) in [5, 5.41) is 0. The van der Waals surface area contributed by atoms with E-state index < -0.39 is 26.5 Å². The molecule has 2 atom stereocenters. The molecular formula is C48H92NO8P. The van der Waals surface area contributed by atoms with E-state index in [1.54, 1.807) is 0 Å². The lowest BCUT2D eigenvalue weighted by Gasteiger charge is -2.28. The fourth-order valence-corrected chi connectivity index (χ4v) is 7.37. The average molecular weight is 842 g/mol. The van der Waals surface area contributed by atoms with Crippen LogP contribution in [0, 0.1) is 0 Å². The SMILES string of the molecule is CCCCCC/C=C/CCCCCCCCCCCC(=O)OC[C@H](COP(=O)([O-])OCC[N+](C)(C)C)OC(=O)CCCCCCCCC/C=C/CCCCCCCC. The Kier molecular flexibility index (Phi) is 39.8. The van der Waals surface area contributed by atoms with Gasteiger partial charge in [-0.15, -0.1) is 0 Å². The molecule has 0 rings (SSSR count). The summed E-state index contributed by atoms with van der Waals surface area (Å²) in [6.07, 6.45) is 44.8. The van der Waals surface area contributed by atoms with E-state index in [9.17, 15) is 19.0 Å². The van der Waals surface area contributed by atoms with Crippen LogP contribution in [0.3, 0.4) is 0 Å². The zero-order valence-corrected chi connectivity index (χ0v) is 39.4. The van der Waals surface area contributed by atoms with Crippen molar-refractivity contribution in [3.05, 3.63) is 24.3 Å². The Balaban J connectivity index is 4.29. The van der Waals surface area contributed by atoms with E-state index in [1.165, 1.54) is 141 Å². The molecule has 0 aliphatic carbocycles. The number of hydrogen-bond donors (Lipinski definition) is 0. The number of ether oxygens (including phenoxy) is 2. The molecule has 10 heteroatoms. The highest BCUT2D eigenvalue weighted by Crippen LogP contribution is 2.38. The number of phosphoric ester groups is 1. The molecule has 0 aromatic rings. The van der Waals surface area contributed by atoms with E-state index in [1.807, 2.05) is 21.1 Å². The van der Waals surface area contributed by atoms with Crippen LogP contribution in [-0.2, 0) is 32.7 Å². The van der Waals surface area contributed by atoms with Crippen LogP contribution >= 0.6 is 7.82 Å². The average Bonchev–Trinajstić information content (AvgIpc) is 3.17. The first-order chi connectivity index (χ1) is 28.0. The maximum absolute atomic E-state index is 12.7. The lowest BCUT2D eigenvalue weighted by molar-refractivity contribution is -0.870. The monoisotopic (exact) mass is 842 g/mol. The molecule has 9 nitrogen and oxygen atoms in total. The van der Waals surface area contributed by atoms with Crippen molar-refractivity contribution in [3.8, 4) is 0 Å². The number of esters is 2. The number of likely N-dealkylation sites (N-methyl/N-ethyl adjacent to an activating group) is 1. The van der Waals surface area contributed by atoms with E-state index >= 15 is 0 Å². The first-order valence-electron chi connectivity index (χ1n) is 24.0. The highest BCUT2D eigenvalue weighted by Gasteiger charge is 2.21. The number of quaternary nitrogens is 1. The Morgan fingerprint density at radius 3 is 1.29 bits per heavy atom. The van der Waals surface area contributed by atoms with Crippen LogP contribution in [0.2, 0.25) is 0 Å². The number of phosphoric acid groups is 1. The Hall–Kier alpha value is -1.51. The molecule has 0 aliphatic rings. The molecule has 0 aromatic carbocycles. The van der Waals surface area contributed by atoms with Gasteiger partial charge in [0.1, 0.15) is 19.8 Å². The Morgan fingerprint density at radius 2 is 0.879 bits per heavy atom. The minimum absolute atomic E-state index is 0.0305. The zero-order chi connectivity index (χ0) is 42.8. The van der Waals surface area contributed by atoms with Crippen molar-refractivity contribution in [2.24, 2.45) is 0 Å². The molecule has 0 radical (unpaired) electrons. The minimum Gasteiger partial charge on any atom is -0.756 e. The zero-order valence-electron chi connectivity index (χ0n) is 38.5. The molecule has 0 N–H and O–H groups in total. The number of hydrogen-bond acceptors (Lipinski definition) is 8. The second-order valence-electron chi connectivity index (χ2n) is 17.5. The summed E-state index contributed by atoms with van der Waals surface area (Å²) in [4.78, 5) is 37.6. The van der Waals surface area contributed by atoms with E-state index in [-0.39, 0.29) is 32.0 Å². The standard InChI is InChI=1S/C48H92NO8P/c1-6-8-10-12-14-16-18-20-22-24-26-28-30-32-34-36-38-40-47(50)54-44-46(45-56-58(52,53)55-43-42-49(3,4)5)57-48(51)41-39-37-35-33-31-29-27-25-23-21-19-17-15-13-11-9-7-2/h16,18,21,23,46H,6-15,17,19-20,22,24-45H2,1-5H3/b18-16+,23-21+/t46-/m1/s1. The van der Waals surface area contributed by atoms with Gasteiger partial charge in [-0.2, -0.15) is 0 Å². The second kappa shape index (κ2) is 40.9. The van der Waals surface area contributed by atoms with Crippen molar-refractivity contribution >= 4 is 19.8 Å². The van der Waals surface area contributed by atoms with Gasteiger partial charge in [-0.05, 0) is 64.2 Å². The molecule has 0 heterocycles. The van der Waals surface area contributed by atoms with Gasteiger partial charge in [-0.3, -0.25) is 14.2 Å². The van der Waals surface area contributed by atoms with Crippen LogP contribution in [0.5, 0.6) is 0 Å². The predicted molar refractivity (Wildman–Crippen MR) is 241 cm³/mol. The van der Waals surface area contributed by atoms with Gasteiger partial charge in [-0.25, -0.2) is 0 Å². The molecule has 0 saturated heterocycles. The first kappa shape index (κ1) is 56.5. The number of unbranched alkanes of at least 4 members (excludes halogenated alkanes) is 26. The third kappa shape index (κ3) is 44.1. The van der Waals surface area contributed by atoms with Gasteiger partial charge in [0.25, 0.3) is 7.82 Å². The molecule has 0 aromatic heterocycles. The highest BCUT2D eigenvalue weighted by atomic mass is 31.2. The van der Waals surface area contributed by atoms with Crippen LogP contribution in [0.25, 0.3) is 0 Å². The largest absolute Gasteiger partial charge is 0.756 e. The molecule has 0 saturated carbocycles. The Bertz CT molecular complexity index is 1040. The van der Waals surface area contributed by atoms with Crippen LogP contribution in [0.4, 0.5) is 0 Å². The number of nitrogens with zero attached hydrogens (tertiary/aromatic N) is 1. The number of rotatable bonds is 44. The van der Waals surface area contributed by atoms with Crippen LogP contribution in [-0.4, -0.2) is 70.0 Å². The molecule has 0 bridgehead atoms. The summed E-state index contributed by atoms with van der Waals surface area (Å²) in [7, 11) is 1.17. The van der Waals surface area contributed by atoms with Gasteiger partial charge in [0.15, 0.2) is 6.10 Å². The molecule has 0 fully saturated rings. The lowest BCUT2D eigenvalue weighted by atomic mass is 10.1. The van der Waals surface area contributed by atoms with Crippen molar-refractivity contribution in [2.75, 3.05) is 47.5 Å². The number of carbonyl (C=O) groups excluding carboxylic acids is 2. The smallest absolute Gasteiger partial charge is 0.306 e. The quantitative estimate of drug-likeness (QED) is 0.0196. The minimum atomic E-state index is -4.63. The third-order valence-corrected chi connectivity index (χ3v) is 11.4. The van der Waals surface area contributed by atoms with Gasteiger partial charge in [0.2, 0.25) is 0 Å². The van der Waals surface area contributed by atoms with Crippen molar-refractivity contribution in [1.29, 1.82) is 0 Å². The molecule has 1 unspecified atom stereocenters. The van der Waals surface area contributed by atoms with E-state index in [2.05, 4.69) is 38.2 Å². The maximum atomic E-state index is 12.7. The number of allylic oxidation sites excluding steroid dienone is 4. The summed E-state index contributed by atoms with van der Waals surface area (Å²) in [5.41, 5.74) is 0. The van der Waals surface area contributed by atoms with Gasteiger partial charge < -0.3 is 27.9 Å². The highest BCUT2D eigenvalue weighted by molar-refractivity contribution is 7.45. The fourth-order valence-electron chi connectivity index (χ4n) is 6.64. The molecular weight excluding hydrogens is 750 g/mol. The van der Waals surface area contributed by atoms with Crippen molar-refractivity contribution < 1.29 is 42.1 Å². The molecule has 342 valence electrons. The topological polar surface area (TPSA) is 111 Å². The summed E-state index contributed by atoms with van der Waals surface area (Å²) in [6.45, 7) is 4.23. The third-order valence-electron chi connectivity index (χ3n) is 10.4. The predicted octanol–water partition coefficient (Wildman–Crippen LogP) is 13.3. The summed E-state index contributed by atoms with van der Waals surface area (Å²) in [5.74, 6) is -0.834. The molecule has 0 spiro atoms. The van der Waals surface area contributed by atoms with Gasteiger partial charge >= 0.3 is 11.9 Å². The van der Waals surface area contributed by atoms with E-state index in [4.69, 9.17) is 18.5 Å². The normalized spacial score (nSPS) is 13.7.